The zero-order chi connectivity index (χ0) is 28.5. The van der Waals surface area contributed by atoms with Gasteiger partial charge in [-0.1, -0.05) is 52.4 Å². The summed E-state index contributed by atoms with van der Waals surface area (Å²) < 4.78 is 0. The van der Waals surface area contributed by atoms with Gasteiger partial charge in [0.15, 0.2) is 0 Å². The molecule has 2 aromatic heterocycles. The number of aromatic amines is 2. The molecule has 0 aliphatic carbocycles. The van der Waals surface area contributed by atoms with Gasteiger partial charge in [0.1, 0.15) is 11.5 Å². The second kappa shape index (κ2) is 13.7. The predicted octanol–water partition coefficient (Wildman–Crippen LogP) is 6.51. The third-order valence-electron chi connectivity index (χ3n) is 7.18. The van der Waals surface area contributed by atoms with Crippen molar-refractivity contribution in [2.75, 3.05) is 0 Å². The average molecular weight is 543 g/mol. The number of phenols is 2. The van der Waals surface area contributed by atoms with Crippen LogP contribution < -0.4 is 11.1 Å². The van der Waals surface area contributed by atoms with Crippen LogP contribution in [0.1, 0.15) is 76.3 Å². The van der Waals surface area contributed by atoms with Crippen molar-refractivity contribution in [2.24, 2.45) is 0 Å². The molecule has 0 saturated heterocycles. The topological polar surface area (TPSA) is 132 Å². The minimum atomic E-state index is -0.320. The van der Waals surface area contributed by atoms with Crippen LogP contribution in [0.5, 0.6) is 11.5 Å². The molecule has 0 saturated carbocycles. The fourth-order valence-electron chi connectivity index (χ4n) is 5.02. The van der Waals surface area contributed by atoms with E-state index in [-0.39, 0.29) is 22.6 Å². The molecule has 0 fully saturated rings. The standard InChI is InChI=1S/C32H38N4O4/c1-3-5-7-9-11-21-13-23(31(39)25(15-21)27-17-29(37)35-19-33-27)24-14-22(12-10-8-6-4-2)16-26(32(24)40)28-18-30(38)36-20-34-28/h13-20,39-40H,3-12H2,1-2H3,(H,33,35,37)(H,34,36,38). The van der Waals surface area contributed by atoms with E-state index in [1.54, 1.807) is 0 Å². The first kappa shape index (κ1) is 28.8. The Morgan fingerprint density at radius 3 is 1.35 bits per heavy atom. The highest BCUT2D eigenvalue weighted by atomic mass is 16.3. The number of rotatable bonds is 13. The van der Waals surface area contributed by atoms with Gasteiger partial charge in [-0.15, -0.1) is 0 Å². The van der Waals surface area contributed by atoms with Crippen molar-refractivity contribution in [2.45, 2.75) is 78.1 Å². The number of nitrogens with one attached hydrogen (secondary N) is 2. The molecule has 0 atom stereocenters. The molecule has 40 heavy (non-hydrogen) atoms. The third-order valence-corrected chi connectivity index (χ3v) is 7.18. The van der Waals surface area contributed by atoms with Gasteiger partial charge in [-0.2, -0.15) is 0 Å². The first-order valence-electron chi connectivity index (χ1n) is 14.2. The summed E-state index contributed by atoms with van der Waals surface area (Å²) in [5, 5.41) is 23.1. The first-order valence-corrected chi connectivity index (χ1v) is 14.2. The number of aromatic hydroxyl groups is 2. The van der Waals surface area contributed by atoms with E-state index in [9.17, 15) is 19.8 Å². The molecule has 4 N–H and O–H groups in total. The van der Waals surface area contributed by atoms with E-state index < -0.39 is 0 Å². The molecular weight excluding hydrogens is 504 g/mol. The van der Waals surface area contributed by atoms with Crippen molar-refractivity contribution in [1.29, 1.82) is 0 Å². The van der Waals surface area contributed by atoms with Crippen LogP contribution in [0.2, 0.25) is 0 Å². The van der Waals surface area contributed by atoms with Gasteiger partial charge in [0, 0.05) is 34.4 Å². The van der Waals surface area contributed by atoms with E-state index in [2.05, 4.69) is 33.8 Å². The lowest BCUT2D eigenvalue weighted by Gasteiger charge is -2.17. The molecule has 8 nitrogen and oxygen atoms in total. The Hall–Kier alpha value is -4.20. The van der Waals surface area contributed by atoms with Crippen LogP contribution in [0.25, 0.3) is 33.6 Å². The van der Waals surface area contributed by atoms with Crippen molar-refractivity contribution in [3.63, 3.8) is 0 Å². The second-order valence-electron chi connectivity index (χ2n) is 10.3. The quantitative estimate of drug-likeness (QED) is 0.142. The number of aryl methyl sites for hydroxylation is 2. The number of hydrogen-bond acceptors (Lipinski definition) is 6. The highest BCUT2D eigenvalue weighted by Crippen LogP contribution is 2.45. The summed E-state index contributed by atoms with van der Waals surface area (Å²) in [4.78, 5) is 37.8. The summed E-state index contributed by atoms with van der Waals surface area (Å²) in [5.74, 6) is -0.141. The Kier molecular flexibility index (Phi) is 9.89. The van der Waals surface area contributed by atoms with Crippen LogP contribution in [0.15, 0.2) is 58.6 Å². The maximum Gasteiger partial charge on any atom is 0.251 e. The van der Waals surface area contributed by atoms with Gasteiger partial charge in [-0.3, -0.25) is 9.59 Å². The number of aromatic nitrogens is 4. The van der Waals surface area contributed by atoms with E-state index in [1.165, 1.54) is 24.8 Å². The fourth-order valence-corrected chi connectivity index (χ4v) is 5.02. The molecule has 0 bridgehead atoms. The molecule has 4 rings (SSSR count). The smallest absolute Gasteiger partial charge is 0.251 e. The summed E-state index contributed by atoms with van der Waals surface area (Å²) in [7, 11) is 0. The van der Waals surface area contributed by atoms with Gasteiger partial charge >= 0.3 is 0 Å². The average Bonchev–Trinajstić information content (AvgIpc) is 2.95. The molecular formula is C32H38N4O4. The van der Waals surface area contributed by atoms with Crippen LogP contribution in [0, 0.1) is 0 Å². The lowest BCUT2D eigenvalue weighted by atomic mass is 9.90. The highest BCUT2D eigenvalue weighted by Gasteiger charge is 2.21. The summed E-state index contributed by atoms with van der Waals surface area (Å²) in [5.41, 5.74) is 3.77. The molecule has 2 aromatic carbocycles. The lowest BCUT2D eigenvalue weighted by Crippen LogP contribution is -2.05. The van der Waals surface area contributed by atoms with Crippen LogP contribution in [-0.4, -0.2) is 30.1 Å². The number of unbranched alkanes of at least 4 members (excludes halogenated alkanes) is 6. The Bertz CT molecular complexity index is 1440. The number of H-pyrrole nitrogens is 2. The zero-order valence-corrected chi connectivity index (χ0v) is 23.3. The Morgan fingerprint density at radius 1 is 0.575 bits per heavy atom. The Morgan fingerprint density at radius 2 is 0.975 bits per heavy atom. The zero-order valence-electron chi connectivity index (χ0n) is 23.3. The third kappa shape index (κ3) is 7.05. The maximum atomic E-state index is 12.1. The van der Waals surface area contributed by atoms with Gasteiger partial charge in [0.25, 0.3) is 11.1 Å². The first-order chi connectivity index (χ1) is 19.4. The number of phenolic OH excluding ortho intramolecular Hbond substituents is 2. The van der Waals surface area contributed by atoms with E-state index in [4.69, 9.17) is 0 Å². The van der Waals surface area contributed by atoms with Crippen molar-refractivity contribution in [3.05, 3.63) is 80.9 Å². The molecule has 8 heteroatoms. The number of nitrogens with zero attached hydrogens (tertiary/aromatic N) is 2. The van der Waals surface area contributed by atoms with Crippen molar-refractivity contribution in [1.82, 2.24) is 19.9 Å². The SMILES string of the molecule is CCCCCCc1cc(-c2cc(=O)[nH]cn2)c(O)c(-c2cc(CCCCCC)cc(-c3cc(=O)[nH]cn3)c2O)c1. The summed E-state index contributed by atoms with van der Waals surface area (Å²) in [6.07, 6.45) is 12.9. The maximum absolute atomic E-state index is 12.1. The lowest BCUT2D eigenvalue weighted by molar-refractivity contribution is 0.470. The number of hydrogen-bond donors (Lipinski definition) is 4. The molecule has 0 spiro atoms. The molecule has 0 unspecified atom stereocenters. The van der Waals surface area contributed by atoms with E-state index in [1.807, 2.05) is 24.3 Å². The van der Waals surface area contributed by atoms with Crippen molar-refractivity contribution in [3.8, 4) is 45.1 Å². The normalized spacial score (nSPS) is 11.2. The minimum Gasteiger partial charge on any atom is -0.507 e. The molecule has 4 aromatic rings. The summed E-state index contributed by atoms with van der Waals surface area (Å²) in [6, 6.07) is 10.3. The Balaban J connectivity index is 1.90. The molecule has 210 valence electrons. The largest absolute Gasteiger partial charge is 0.507 e. The molecule has 2 heterocycles. The number of benzene rings is 2. The van der Waals surface area contributed by atoms with E-state index >= 15 is 0 Å². The van der Waals surface area contributed by atoms with Gasteiger partial charge in [0.05, 0.1) is 24.0 Å². The predicted molar refractivity (Wildman–Crippen MR) is 159 cm³/mol. The fraction of sp³-hybridized carbons (Fsp3) is 0.375. The van der Waals surface area contributed by atoms with E-state index in [0.717, 1.165) is 75.3 Å². The summed E-state index contributed by atoms with van der Waals surface area (Å²) in [6.45, 7) is 4.33. The van der Waals surface area contributed by atoms with Gasteiger partial charge in [-0.05, 0) is 61.1 Å². The van der Waals surface area contributed by atoms with E-state index in [0.29, 0.717) is 33.6 Å². The second-order valence-corrected chi connectivity index (χ2v) is 10.3. The van der Waals surface area contributed by atoms with Crippen molar-refractivity contribution < 1.29 is 10.2 Å². The van der Waals surface area contributed by atoms with Crippen LogP contribution in [0.3, 0.4) is 0 Å². The molecule has 0 amide bonds. The van der Waals surface area contributed by atoms with Crippen LogP contribution in [0.4, 0.5) is 0 Å². The minimum absolute atomic E-state index is 0.0707. The molecule has 0 radical (unpaired) electrons. The van der Waals surface area contributed by atoms with Gasteiger partial charge in [-0.25, -0.2) is 9.97 Å². The molecule has 0 aliphatic rings. The Labute approximate surface area is 234 Å². The van der Waals surface area contributed by atoms with Gasteiger partial charge in [0.2, 0.25) is 0 Å². The van der Waals surface area contributed by atoms with Gasteiger partial charge < -0.3 is 20.2 Å². The molecule has 0 aliphatic heterocycles. The highest BCUT2D eigenvalue weighted by molar-refractivity contribution is 5.88. The van der Waals surface area contributed by atoms with Crippen LogP contribution >= 0.6 is 0 Å². The van der Waals surface area contributed by atoms with Crippen molar-refractivity contribution >= 4 is 0 Å². The van der Waals surface area contributed by atoms with Crippen LogP contribution in [-0.2, 0) is 12.8 Å². The summed E-state index contributed by atoms with van der Waals surface area (Å²) >= 11 is 0. The monoisotopic (exact) mass is 542 g/mol.